The molecule has 4 nitrogen and oxygen atoms in total. The van der Waals surface area contributed by atoms with Crippen LogP contribution in [0.1, 0.15) is 18.9 Å². The number of benzene rings is 2. The molecule has 0 aliphatic heterocycles. The third-order valence-electron chi connectivity index (χ3n) is 3.40. The lowest BCUT2D eigenvalue weighted by Crippen LogP contribution is -2.35. The highest BCUT2D eigenvalue weighted by atomic mass is 35.5. The lowest BCUT2D eigenvalue weighted by atomic mass is 10.2. The van der Waals surface area contributed by atoms with Gasteiger partial charge < -0.3 is 10.2 Å². The van der Waals surface area contributed by atoms with Crippen LogP contribution in [0.4, 0.5) is 5.69 Å². The molecule has 2 aromatic carbocycles. The number of rotatable bonds is 6. The van der Waals surface area contributed by atoms with E-state index in [2.05, 4.69) is 5.32 Å². The first-order chi connectivity index (χ1) is 11.1. The number of halogens is 1. The standard InChI is InChI=1S/C18H19ClN2O2/c1-2-21(16-6-4-3-5-7-16)18(23)12-17(22)20-13-14-8-10-15(19)11-9-14/h3-11H,2,12-13H2,1H3,(H,20,22). The van der Waals surface area contributed by atoms with Crippen LogP contribution in [0.25, 0.3) is 0 Å². The Morgan fingerprint density at radius 1 is 1.04 bits per heavy atom. The highest BCUT2D eigenvalue weighted by Gasteiger charge is 2.17. The van der Waals surface area contributed by atoms with Gasteiger partial charge in [0.25, 0.3) is 0 Å². The van der Waals surface area contributed by atoms with Crippen molar-refractivity contribution in [3.8, 4) is 0 Å². The van der Waals surface area contributed by atoms with Gasteiger partial charge >= 0.3 is 0 Å². The van der Waals surface area contributed by atoms with Crippen LogP contribution in [0.3, 0.4) is 0 Å². The van der Waals surface area contributed by atoms with E-state index in [4.69, 9.17) is 11.6 Å². The first kappa shape index (κ1) is 17.0. The Hall–Kier alpha value is -2.33. The van der Waals surface area contributed by atoms with Crippen LogP contribution in [0.2, 0.25) is 5.02 Å². The van der Waals surface area contributed by atoms with Crippen molar-refractivity contribution in [2.45, 2.75) is 19.9 Å². The predicted octanol–water partition coefficient (Wildman–Crippen LogP) is 3.40. The van der Waals surface area contributed by atoms with E-state index in [-0.39, 0.29) is 18.2 Å². The monoisotopic (exact) mass is 330 g/mol. The van der Waals surface area contributed by atoms with Gasteiger partial charge in [-0.3, -0.25) is 9.59 Å². The zero-order chi connectivity index (χ0) is 16.7. The van der Waals surface area contributed by atoms with E-state index in [1.165, 1.54) is 0 Å². The van der Waals surface area contributed by atoms with Crippen molar-refractivity contribution in [1.29, 1.82) is 0 Å². The number of hydrogen-bond donors (Lipinski definition) is 1. The minimum atomic E-state index is -0.292. The van der Waals surface area contributed by atoms with Crippen LogP contribution in [0.15, 0.2) is 54.6 Å². The maximum absolute atomic E-state index is 12.3. The molecule has 2 aromatic rings. The number of hydrogen-bond acceptors (Lipinski definition) is 2. The molecule has 120 valence electrons. The van der Waals surface area contributed by atoms with Crippen molar-refractivity contribution < 1.29 is 9.59 Å². The van der Waals surface area contributed by atoms with Gasteiger partial charge in [-0.1, -0.05) is 41.9 Å². The average molecular weight is 331 g/mol. The SMILES string of the molecule is CCN(C(=O)CC(=O)NCc1ccc(Cl)cc1)c1ccccc1. The number of anilines is 1. The molecule has 1 N–H and O–H groups in total. The zero-order valence-corrected chi connectivity index (χ0v) is 13.7. The van der Waals surface area contributed by atoms with Crippen LogP contribution in [0, 0.1) is 0 Å². The summed E-state index contributed by atoms with van der Waals surface area (Å²) in [6.45, 7) is 2.78. The Balaban J connectivity index is 1.88. The Labute approximate surface area is 141 Å². The Bertz CT molecular complexity index is 656. The van der Waals surface area contributed by atoms with Gasteiger partial charge in [0.1, 0.15) is 6.42 Å². The summed E-state index contributed by atoms with van der Waals surface area (Å²) < 4.78 is 0. The molecule has 0 unspecified atom stereocenters. The molecule has 5 heteroatoms. The van der Waals surface area contributed by atoms with Crippen LogP contribution < -0.4 is 10.2 Å². The van der Waals surface area contributed by atoms with Crippen molar-refractivity contribution >= 4 is 29.1 Å². The third-order valence-corrected chi connectivity index (χ3v) is 3.65. The molecular formula is C18H19ClN2O2. The highest BCUT2D eigenvalue weighted by Crippen LogP contribution is 2.14. The van der Waals surface area contributed by atoms with E-state index in [1.54, 1.807) is 17.0 Å². The summed E-state index contributed by atoms with van der Waals surface area (Å²) in [5.74, 6) is -0.508. The minimum absolute atomic E-state index is 0.170. The second-order valence-electron chi connectivity index (χ2n) is 5.05. The average Bonchev–Trinajstić information content (AvgIpc) is 2.56. The molecule has 0 atom stereocenters. The number of nitrogens with one attached hydrogen (secondary N) is 1. The Morgan fingerprint density at radius 2 is 1.70 bits per heavy atom. The molecule has 2 rings (SSSR count). The summed E-state index contributed by atoms with van der Waals surface area (Å²) in [7, 11) is 0. The summed E-state index contributed by atoms with van der Waals surface area (Å²) in [5, 5.41) is 3.40. The molecule has 0 saturated heterocycles. The van der Waals surface area contributed by atoms with Gasteiger partial charge in [-0.2, -0.15) is 0 Å². The molecular weight excluding hydrogens is 312 g/mol. The molecule has 0 radical (unpaired) electrons. The smallest absolute Gasteiger partial charge is 0.236 e. The van der Waals surface area contributed by atoms with E-state index in [9.17, 15) is 9.59 Å². The maximum atomic E-state index is 12.3. The molecule has 0 aliphatic rings. The van der Waals surface area contributed by atoms with E-state index in [1.807, 2.05) is 49.4 Å². The van der Waals surface area contributed by atoms with E-state index < -0.39 is 0 Å². The predicted molar refractivity (Wildman–Crippen MR) is 92.4 cm³/mol. The van der Waals surface area contributed by atoms with Gasteiger partial charge in [0.05, 0.1) is 0 Å². The van der Waals surface area contributed by atoms with E-state index in [0.717, 1.165) is 11.3 Å². The third kappa shape index (κ3) is 5.11. The second kappa shape index (κ2) is 8.34. The molecule has 0 fully saturated rings. The number of para-hydroxylation sites is 1. The van der Waals surface area contributed by atoms with Gasteiger partial charge in [-0.05, 0) is 36.8 Å². The van der Waals surface area contributed by atoms with Crippen LogP contribution >= 0.6 is 11.6 Å². The molecule has 23 heavy (non-hydrogen) atoms. The van der Waals surface area contributed by atoms with Gasteiger partial charge in [0.15, 0.2) is 0 Å². The zero-order valence-electron chi connectivity index (χ0n) is 13.0. The topological polar surface area (TPSA) is 49.4 Å². The fraction of sp³-hybridized carbons (Fsp3) is 0.222. The van der Waals surface area contributed by atoms with Gasteiger partial charge in [-0.15, -0.1) is 0 Å². The van der Waals surface area contributed by atoms with Gasteiger partial charge in [0, 0.05) is 23.8 Å². The van der Waals surface area contributed by atoms with Crippen molar-refractivity contribution in [1.82, 2.24) is 5.32 Å². The first-order valence-corrected chi connectivity index (χ1v) is 7.84. The highest BCUT2D eigenvalue weighted by molar-refractivity contribution is 6.30. The number of carbonyl (C=O) groups is 2. The fourth-order valence-electron chi connectivity index (χ4n) is 2.21. The summed E-state index contributed by atoms with van der Waals surface area (Å²) >= 11 is 5.81. The molecule has 0 aromatic heterocycles. The molecule has 2 amide bonds. The quantitative estimate of drug-likeness (QED) is 0.825. The molecule has 0 heterocycles. The molecule has 0 aliphatic carbocycles. The number of nitrogens with zero attached hydrogens (tertiary/aromatic N) is 1. The maximum Gasteiger partial charge on any atom is 0.236 e. The van der Waals surface area contributed by atoms with Gasteiger partial charge in [0.2, 0.25) is 11.8 Å². The van der Waals surface area contributed by atoms with Crippen LogP contribution in [0.5, 0.6) is 0 Å². The first-order valence-electron chi connectivity index (χ1n) is 7.46. The number of amides is 2. The Morgan fingerprint density at radius 3 is 2.30 bits per heavy atom. The normalized spacial score (nSPS) is 10.2. The van der Waals surface area contributed by atoms with E-state index in [0.29, 0.717) is 18.1 Å². The fourth-order valence-corrected chi connectivity index (χ4v) is 2.34. The lowest BCUT2D eigenvalue weighted by Gasteiger charge is -2.20. The van der Waals surface area contributed by atoms with Gasteiger partial charge in [-0.25, -0.2) is 0 Å². The summed E-state index contributed by atoms with van der Waals surface area (Å²) in [6.07, 6.45) is -0.170. The molecule has 0 saturated carbocycles. The van der Waals surface area contributed by atoms with Crippen molar-refractivity contribution in [3.63, 3.8) is 0 Å². The minimum Gasteiger partial charge on any atom is -0.352 e. The summed E-state index contributed by atoms with van der Waals surface area (Å²) in [4.78, 5) is 25.8. The van der Waals surface area contributed by atoms with Crippen molar-refractivity contribution in [3.05, 3.63) is 65.2 Å². The van der Waals surface area contributed by atoms with Crippen LogP contribution in [-0.2, 0) is 16.1 Å². The largest absolute Gasteiger partial charge is 0.352 e. The number of carbonyl (C=O) groups excluding carboxylic acids is 2. The lowest BCUT2D eigenvalue weighted by molar-refractivity contribution is -0.128. The Kier molecular flexibility index (Phi) is 6.18. The van der Waals surface area contributed by atoms with E-state index >= 15 is 0 Å². The second-order valence-corrected chi connectivity index (χ2v) is 5.49. The van der Waals surface area contributed by atoms with Crippen molar-refractivity contribution in [2.24, 2.45) is 0 Å². The molecule has 0 bridgehead atoms. The summed E-state index contributed by atoms with van der Waals surface area (Å²) in [6, 6.07) is 16.5. The van der Waals surface area contributed by atoms with Crippen LogP contribution in [-0.4, -0.2) is 18.4 Å². The molecule has 0 spiro atoms. The summed E-state index contributed by atoms with van der Waals surface area (Å²) in [5.41, 5.74) is 1.73. The van der Waals surface area contributed by atoms with Crippen molar-refractivity contribution in [2.75, 3.05) is 11.4 Å².